The molecule has 0 spiro atoms. The summed E-state index contributed by atoms with van der Waals surface area (Å²) >= 11 is -2.37. The third-order valence-electron chi connectivity index (χ3n) is 10.2. The van der Waals surface area contributed by atoms with E-state index in [1.807, 2.05) is 6.49 Å². The maximum atomic E-state index is 2.74. The molecule has 2 aromatic rings. The molecule has 0 aromatic heterocycles. The van der Waals surface area contributed by atoms with Crippen LogP contribution in [0.4, 0.5) is 0 Å². The molecule has 5 rings (SSSR count). The molecule has 1 heteroatoms. The van der Waals surface area contributed by atoms with E-state index >= 15 is 0 Å². The molecule has 0 bridgehead atoms. The van der Waals surface area contributed by atoms with E-state index in [4.69, 9.17) is 0 Å². The second-order valence-corrected chi connectivity index (χ2v) is 22.7. The van der Waals surface area contributed by atoms with Crippen LogP contribution in [0.5, 0.6) is 0 Å². The summed E-state index contributed by atoms with van der Waals surface area (Å²) in [5.41, 5.74) is 13.3. The van der Waals surface area contributed by atoms with E-state index in [0.29, 0.717) is 9.54 Å². The normalized spacial score (nSPS) is 19.9. The van der Waals surface area contributed by atoms with Crippen molar-refractivity contribution >= 4 is 3.21 Å². The monoisotopic (exact) mass is 626 g/mol. The Morgan fingerprint density at radius 3 is 1.61 bits per heavy atom. The molecule has 2 aromatic carbocycles. The summed E-state index contributed by atoms with van der Waals surface area (Å²) in [7, 11) is 0. The molecule has 0 radical (unpaired) electrons. The van der Waals surface area contributed by atoms with Gasteiger partial charge >= 0.3 is 262 Å². The van der Waals surface area contributed by atoms with Crippen molar-refractivity contribution < 1.29 is 21.3 Å². The second kappa shape index (κ2) is 11.3. The molecule has 0 aliphatic heterocycles. The van der Waals surface area contributed by atoms with Gasteiger partial charge in [0.1, 0.15) is 0 Å². The van der Waals surface area contributed by atoms with E-state index in [1.54, 1.807) is 33.4 Å². The maximum absolute atomic E-state index is 2.74. The van der Waals surface area contributed by atoms with Crippen molar-refractivity contribution in [1.29, 1.82) is 0 Å². The third kappa shape index (κ3) is 5.80. The SMILES string of the molecule is CCC1=[C]([Zr](=[C]2CCCCC2)[CH]2c3ccc(C(C)(C)C)cc3-c3cc(C(C)(C)C)ccc32)C(CC)C=C1C(C)(C)C. The van der Waals surface area contributed by atoms with Gasteiger partial charge in [-0.3, -0.25) is 0 Å². The summed E-state index contributed by atoms with van der Waals surface area (Å²) in [4.78, 5) is 0. The van der Waals surface area contributed by atoms with Gasteiger partial charge in [-0.1, -0.05) is 0 Å². The molecular formula is C40H56Zr. The minimum atomic E-state index is -2.37. The molecule has 0 heterocycles. The van der Waals surface area contributed by atoms with Gasteiger partial charge in [-0.2, -0.15) is 0 Å². The van der Waals surface area contributed by atoms with Crippen LogP contribution >= 0.6 is 0 Å². The zero-order chi connectivity index (χ0) is 29.9. The molecule has 220 valence electrons. The number of hydrogen-bond acceptors (Lipinski definition) is 0. The summed E-state index contributed by atoms with van der Waals surface area (Å²) in [5.74, 6) is 0.637. The van der Waals surface area contributed by atoms with E-state index in [-0.39, 0.29) is 16.2 Å². The number of hydrogen-bond donors (Lipinski definition) is 0. The molecule has 1 unspecified atom stereocenters. The summed E-state index contributed by atoms with van der Waals surface area (Å²) in [6.45, 7) is 26.5. The Labute approximate surface area is 260 Å². The van der Waals surface area contributed by atoms with Gasteiger partial charge in [-0.25, -0.2) is 0 Å². The molecule has 41 heavy (non-hydrogen) atoms. The predicted molar refractivity (Wildman–Crippen MR) is 178 cm³/mol. The minimum absolute atomic E-state index is 0.150. The van der Waals surface area contributed by atoms with Crippen LogP contribution in [0, 0.1) is 11.3 Å². The second-order valence-electron chi connectivity index (χ2n) is 16.2. The fraction of sp³-hybridized carbons (Fsp3) is 0.575. The summed E-state index contributed by atoms with van der Waals surface area (Å²) < 4.78 is 4.62. The molecule has 1 fully saturated rings. The number of benzene rings is 2. The molecule has 0 amide bonds. The first-order chi connectivity index (χ1) is 19.2. The summed E-state index contributed by atoms with van der Waals surface area (Å²) in [6.07, 6.45) is 12.2. The van der Waals surface area contributed by atoms with Crippen LogP contribution in [-0.2, 0) is 32.1 Å². The first kappa shape index (κ1) is 31.1. The van der Waals surface area contributed by atoms with Gasteiger partial charge in [0.05, 0.1) is 0 Å². The number of allylic oxidation sites excluding steroid dienone is 4. The molecule has 0 saturated heterocycles. The molecular weight excluding hydrogens is 572 g/mol. The average Bonchev–Trinajstić information content (AvgIpc) is 3.44. The Kier molecular flexibility index (Phi) is 8.58. The zero-order valence-electron chi connectivity index (χ0n) is 28.1. The van der Waals surface area contributed by atoms with E-state index in [0.717, 1.165) is 0 Å². The molecule has 1 saturated carbocycles. The van der Waals surface area contributed by atoms with Crippen LogP contribution in [0.1, 0.15) is 147 Å². The van der Waals surface area contributed by atoms with E-state index in [2.05, 4.69) is 119 Å². The van der Waals surface area contributed by atoms with E-state index in [1.165, 1.54) is 56.1 Å². The molecule has 3 aliphatic carbocycles. The molecule has 0 nitrogen and oxygen atoms in total. The van der Waals surface area contributed by atoms with Gasteiger partial charge < -0.3 is 0 Å². The van der Waals surface area contributed by atoms with Crippen LogP contribution in [0.3, 0.4) is 0 Å². The fourth-order valence-electron chi connectivity index (χ4n) is 7.81. The van der Waals surface area contributed by atoms with Crippen molar-refractivity contribution in [1.82, 2.24) is 0 Å². The Hall–Kier alpha value is -1.33. The third-order valence-corrected chi connectivity index (χ3v) is 19.3. The average molecular weight is 628 g/mol. The Morgan fingerprint density at radius 2 is 1.20 bits per heavy atom. The van der Waals surface area contributed by atoms with Gasteiger partial charge in [0.25, 0.3) is 0 Å². The molecule has 1 atom stereocenters. The summed E-state index contributed by atoms with van der Waals surface area (Å²) in [6, 6.07) is 15.3. The van der Waals surface area contributed by atoms with E-state index < -0.39 is 21.3 Å². The van der Waals surface area contributed by atoms with Gasteiger partial charge in [0.15, 0.2) is 0 Å². The Bertz CT molecular complexity index is 1350. The van der Waals surface area contributed by atoms with Crippen molar-refractivity contribution in [3.05, 3.63) is 79.2 Å². The number of rotatable bonds is 4. The first-order valence-corrected chi connectivity index (χ1v) is 20.5. The molecule has 0 N–H and O–H groups in total. The van der Waals surface area contributed by atoms with Crippen LogP contribution in [0.25, 0.3) is 11.1 Å². The first-order valence-electron chi connectivity index (χ1n) is 16.6. The fourth-order valence-corrected chi connectivity index (χ4v) is 18.7. The van der Waals surface area contributed by atoms with Crippen molar-refractivity contribution in [2.45, 2.75) is 136 Å². The van der Waals surface area contributed by atoms with Gasteiger partial charge in [0.2, 0.25) is 0 Å². The predicted octanol–water partition coefficient (Wildman–Crippen LogP) is 11.8. The standard InChI is InChI=1S/C21H25.C13H21.C6H10.Zr/c1-20(2,3)16-9-7-14-11-15-8-10-17(21(4,5)6)13-19(15)18(14)12-16;1-6-10-8-11(7-2)12(9-10)13(3,4)5;1-2-4-6-5-3-1;/h7-13H,1-6H3;9-10H,6-7H2,1-5H3;1-5H2;. The van der Waals surface area contributed by atoms with Crippen LogP contribution in [-0.4, -0.2) is 3.21 Å². The Balaban J connectivity index is 1.83. The van der Waals surface area contributed by atoms with Crippen LogP contribution < -0.4 is 0 Å². The van der Waals surface area contributed by atoms with Crippen molar-refractivity contribution in [3.8, 4) is 11.1 Å². The van der Waals surface area contributed by atoms with Gasteiger partial charge in [0, 0.05) is 0 Å². The van der Waals surface area contributed by atoms with Gasteiger partial charge in [-0.15, -0.1) is 0 Å². The number of fused-ring (bicyclic) bond motifs is 3. The quantitative estimate of drug-likeness (QED) is 0.316. The van der Waals surface area contributed by atoms with Crippen LogP contribution in [0.2, 0.25) is 0 Å². The Morgan fingerprint density at radius 1 is 0.683 bits per heavy atom. The zero-order valence-corrected chi connectivity index (χ0v) is 30.6. The molecule has 3 aliphatic rings. The van der Waals surface area contributed by atoms with Crippen molar-refractivity contribution in [2.75, 3.05) is 0 Å². The topological polar surface area (TPSA) is 0 Å². The van der Waals surface area contributed by atoms with E-state index in [9.17, 15) is 0 Å². The van der Waals surface area contributed by atoms with Gasteiger partial charge in [-0.05, 0) is 0 Å². The van der Waals surface area contributed by atoms with Crippen molar-refractivity contribution in [3.63, 3.8) is 0 Å². The van der Waals surface area contributed by atoms with Crippen molar-refractivity contribution in [2.24, 2.45) is 11.3 Å². The van der Waals surface area contributed by atoms with Crippen LogP contribution in [0.15, 0.2) is 56.9 Å². The summed E-state index contributed by atoms with van der Waals surface area (Å²) in [5, 5.41) is 0.